The number of rotatable bonds is 12. The zero-order valence-corrected chi connectivity index (χ0v) is 37.8. The Labute approximate surface area is 381 Å². The standard InChI is InChI=1S/C47H55ClFN9O7/c1-25(2)58-37-8-5-29(18-28(37)19-39(46(58)63)64-24-41(60)50-4)52-43-36(48)22-51-47(54-43)55-14-12-31(13-15-55)65-32-20-30(21-32)56-16-11-27(17-26(56)3)33-6-7-34-35(42(33)49)23-57(45(34)62)38-9-10-40(59)53-44(38)61/h5-8,18-19,22,25-27,30-32,38H,9-17,20-21,23-24H2,1-4H3,(H,50,60)(H,51,52,54)(H,53,59,61)/t26-,27-,30?,32?,38+/m1/s1. The number of ether oxygens (including phenoxy) is 2. The van der Waals surface area contributed by atoms with Crippen molar-refractivity contribution in [3.8, 4) is 5.75 Å². The summed E-state index contributed by atoms with van der Waals surface area (Å²) in [4.78, 5) is 77.9. The zero-order chi connectivity index (χ0) is 45.7. The minimum absolute atomic E-state index is 0.0300. The van der Waals surface area contributed by atoms with Gasteiger partial charge in [-0.2, -0.15) is 4.98 Å². The number of aromatic nitrogens is 3. The lowest BCUT2D eigenvalue weighted by molar-refractivity contribution is -0.137. The summed E-state index contributed by atoms with van der Waals surface area (Å²) >= 11 is 6.60. The summed E-state index contributed by atoms with van der Waals surface area (Å²) in [5, 5.41) is 9.24. The molecule has 2 aromatic heterocycles. The van der Waals surface area contributed by atoms with E-state index in [0.29, 0.717) is 45.2 Å². The van der Waals surface area contributed by atoms with Crippen LogP contribution in [0, 0.1) is 5.82 Å². The van der Waals surface area contributed by atoms with Gasteiger partial charge in [-0.1, -0.05) is 17.7 Å². The molecule has 4 amide bonds. The summed E-state index contributed by atoms with van der Waals surface area (Å²) < 4.78 is 30.0. The normalized spacial score (nSPS) is 24.0. The van der Waals surface area contributed by atoms with E-state index in [1.807, 2.05) is 32.0 Å². The van der Waals surface area contributed by atoms with E-state index in [9.17, 15) is 24.0 Å². The van der Waals surface area contributed by atoms with Gasteiger partial charge in [-0.3, -0.25) is 34.2 Å². The smallest absolute Gasteiger partial charge is 0.293 e. The summed E-state index contributed by atoms with van der Waals surface area (Å²) in [7, 11) is 1.51. The number of hydrogen-bond acceptors (Lipinski definition) is 12. The molecule has 2 aromatic carbocycles. The van der Waals surface area contributed by atoms with Crippen molar-refractivity contribution >= 4 is 63.6 Å². The van der Waals surface area contributed by atoms with Crippen LogP contribution in [0.2, 0.25) is 5.02 Å². The highest BCUT2D eigenvalue weighted by atomic mass is 35.5. The number of likely N-dealkylation sites (N-methyl/N-ethyl adjacent to an activating group) is 1. The van der Waals surface area contributed by atoms with E-state index in [2.05, 4.69) is 37.7 Å². The molecule has 0 radical (unpaired) electrons. The van der Waals surface area contributed by atoms with Gasteiger partial charge in [0.2, 0.25) is 17.8 Å². The fourth-order valence-corrected chi connectivity index (χ4v) is 10.4. The molecule has 1 saturated carbocycles. The van der Waals surface area contributed by atoms with Crippen LogP contribution in [0.1, 0.15) is 106 Å². The van der Waals surface area contributed by atoms with Crippen molar-refractivity contribution in [2.45, 2.75) is 121 Å². The van der Waals surface area contributed by atoms with Gasteiger partial charge in [0.1, 0.15) is 16.9 Å². The molecule has 4 fully saturated rings. The number of anilines is 3. The van der Waals surface area contributed by atoms with Crippen molar-refractivity contribution < 1.29 is 33.0 Å². The number of likely N-dealkylation sites (tertiary alicyclic amines) is 1. The van der Waals surface area contributed by atoms with Gasteiger partial charge in [0.25, 0.3) is 17.4 Å². The molecule has 4 aliphatic heterocycles. The van der Waals surface area contributed by atoms with E-state index in [-0.39, 0.29) is 91.1 Å². The zero-order valence-electron chi connectivity index (χ0n) is 37.1. The number of nitrogens with zero attached hydrogens (tertiary/aromatic N) is 6. The van der Waals surface area contributed by atoms with Gasteiger partial charge >= 0.3 is 0 Å². The van der Waals surface area contributed by atoms with Crippen LogP contribution in [0.15, 0.2) is 47.4 Å². The first-order valence-corrected chi connectivity index (χ1v) is 23.1. The van der Waals surface area contributed by atoms with Gasteiger partial charge in [-0.25, -0.2) is 9.37 Å². The molecule has 9 rings (SSSR count). The number of benzene rings is 2. The maximum atomic E-state index is 16.1. The molecule has 4 aromatic rings. The number of halogens is 2. The van der Waals surface area contributed by atoms with Crippen molar-refractivity contribution in [2.75, 3.05) is 43.5 Å². The van der Waals surface area contributed by atoms with Gasteiger partial charge in [-0.15, -0.1) is 0 Å². The Morgan fingerprint density at radius 3 is 2.51 bits per heavy atom. The third-order valence-electron chi connectivity index (χ3n) is 13.8. The number of hydrogen-bond donors (Lipinski definition) is 3. The predicted octanol–water partition coefficient (Wildman–Crippen LogP) is 5.58. The monoisotopic (exact) mass is 911 g/mol. The van der Waals surface area contributed by atoms with E-state index in [0.717, 1.165) is 69.1 Å². The molecule has 65 heavy (non-hydrogen) atoms. The quantitative estimate of drug-likeness (QED) is 0.151. The average molecular weight is 912 g/mol. The van der Waals surface area contributed by atoms with Crippen LogP contribution < -0.4 is 31.1 Å². The Bertz CT molecular complexity index is 2590. The highest BCUT2D eigenvalue weighted by Gasteiger charge is 2.43. The number of fused-ring (bicyclic) bond motifs is 2. The first-order valence-electron chi connectivity index (χ1n) is 22.7. The first-order chi connectivity index (χ1) is 31.3. The lowest BCUT2D eigenvalue weighted by Gasteiger charge is -2.49. The molecule has 0 spiro atoms. The third kappa shape index (κ3) is 8.89. The second-order valence-corrected chi connectivity index (χ2v) is 18.7. The van der Waals surface area contributed by atoms with E-state index < -0.39 is 11.9 Å². The number of carbonyl (C=O) groups is 4. The second kappa shape index (κ2) is 18.3. The SMILES string of the molecule is CNC(=O)COc1cc2cc(Nc3nc(N4CCC(OC5CC(N6CC[C@@H](c7ccc8c(c7F)CN([C@H]7CCC(=O)NC7=O)C8=O)C[C@H]6C)C5)CC4)ncc3Cl)ccc2n(C(C)C)c1=O. The lowest BCUT2D eigenvalue weighted by Crippen LogP contribution is -2.55. The summed E-state index contributed by atoms with van der Waals surface area (Å²) in [5.74, 6) is -0.764. The van der Waals surface area contributed by atoms with Crippen LogP contribution in [0.25, 0.3) is 10.9 Å². The Hall–Kier alpha value is -5.65. The Morgan fingerprint density at radius 1 is 1.00 bits per heavy atom. The van der Waals surface area contributed by atoms with Crippen molar-refractivity contribution in [3.63, 3.8) is 0 Å². The summed E-state index contributed by atoms with van der Waals surface area (Å²) in [6.45, 7) is 8.13. The van der Waals surface area contributed by atoms with E-state index in [1.165, 1.54) is 11.9 Å². The number of amides is 4. The topological polar surface area (TPSA) is 180 Å². The summed E-state index contributed by atoms with van der Waals surface area (Å²) in [5.41, 5.74) is 2.40. The van der Waals surface area contributed by atoms with Crippen molar-refractivity contribution in [2.24, 2.45) is 0 Å². The minimum Gasteiger partial charge on any atom is -0.478 e. The van der Waals surface area contributed by atoms with Gasteiger partial charge in [0, 0.05) is 66.9 Å². The minimum atomic E-state index is -0.774. The highest BCUT2D eigenvalue weighted by molar-refractivity contribution is 6.33. The van der Waals surface area contributed by atoms with Crippen LogP contribution in [-0.2, 0) is 25.7 Å². The molecule has 16 nitrogen and oxygen atoms in total. The van der Waals surface area contributed by atoms with E-state index in [4.69, 9.17) is 26.1 Å². The van der Waals surface area contributed by atoms with Crippen molar-refractivity contribution in [1.82, 2.24) is 35.0 Å². The van der Waals surface area contributed by atoms with Crippen LogP contribution in [0.3, 0.4) is 0 Å². The van der Waals surface area contributed by atoms with E-state index >= 15 is 4.39 Å². The maximum absolute atomic E-state index is 16.1. The molecule has 1 aliphatic carbocycles. The van der Waals surface area contributed by atoms with Crippen molar-refractivity contribution in [1.29, 1.82) is 0 Å². The second-order valence-electron chi connectivity index (χ2n) is 18.3. The predicted molar refractivity (Wildman–Crippen MR) is 242 cm³/mol. The number of carbonyl (C=O) groups excluding carboxylic acids is 4. The molecular formula is C47H55ClFN9O7. The Kier molecular flexibility index (Phi) is 12.6. The molecule has 3 atom stereocenters. The molecule has 0 unspecified atom stereocenters. The van der Waals surface area contributed by atoms with Gasteiger partial charge in [0.15, 0.2) is 18.2 Å². The Balaban J connectivity index is 0.757. The first kappa shape index (κ1) is 44.5. The molecule has 3 N–H and O–H groups in total. The van der Waals surface area contributed by atoms with Gasteiger partial charge in [-0.05, 0) is 114 Å². The molecule has 5 aliphatic rings. The maximum Gasteiger partial charge on any atom is 0.293 e. The fourth-order valence-electron chi connectivity index (χ4n) is 10.3. The molecule has 0 bridgehead atoms. The van der Waals surface area contributed by atoms with Crippen LogP contribution in [-0.4, -0.2) is 112 Å². The number of imide groups is 1. The van der Waals surface area contributed by atoms with Crippen LogP contribution >= 0.6 is 11.6 Å². The van der Waals surface area contributed by atoms with Gasteiger partial charge < -0.3 is 34.5 Å². The number of pyridine rings is 1. The molecule has 344 valence electrons. The number of nitrogens with one attached hydrogen (secondary N) is 3. The average Bonchev–Trinajstić information content (AvgIpc) is 3.61. The van der Waals surface area contributed by atoms with Crippen LogP contribution in [0.5, 0.6) is 5.75 Å². The van der Waals surface area contributed by atoms with E-state index in [1.54, 1.807) is 29.0 Å². The van der Waals surface area contributed by atoms with Crippen LogP contribution in [0.4, 0.5) is 21.8 Å². The lowest BCUT2D eigenvalue weighted by atomic mass is 9.80. The molecule has 6 heterocycles. The molecule has 18 heteroatoms. The van der Waals surface area contributed by atoms with Gasteiger partial charge in [0.05, 0.1) is 30.5 Å². The summed E-state index contributed by atoms with van der Waals surface area (Å²) in [6, 6.07) is 10.5. The largest absolute Gasteiger partial charge is 0.478 e. The molecular weight excluding hydrogens is 857 g/mol. The summed E-state index contributed by atoms with van der Waals surface area (Å²) in [6.07, 6.45) is 7.56. The number of piperidine rings is 3. The van der Waals surface area contributed by atoms with Crippen molar-refractivity contribution in [3.05, 3.63) is 80.5 Å². The third-order valence-corrected chi connectivity index (χ3v) is 14.1. The highest BCUT2D eigenvalue weighted by Crippen LogP contribution is 2.41. The fraction of sp³-hybridized carbons (Fsp3) is 0.511. The molecule has 3 saturated heterocycles. The Morgan fingerprint density at radius 2 is 1.78 bits per heavy atom.